The summed E-state index contributed by atoms with van der Waals surface area (Å²) in [5, 5.41) is 23.7. The topological polar surface area (TPSA) is 95.9 Å². The van der Waals surface area contributed by atoms with Crippen LogP contribution in [-0.2, 0) is 14.3 Å². The van der Waals surface area contributed by atoms with E-state index in [4.69, 9.17) is 4.74 Å². The van der Waals surface area contributed by atoms with Gasteiger partial charge in [-0.2, -0.15) is 0 Å². The number of amides is 1. The third-order valence-corrected chi connectivity index (χ3v) is 11.8. The number of hydrogen-bond acceptors (Lipinski definition) is 5. The van der Waals surface area contributed by atoms with Crippen LogP contribution in [0, 0.1) is 0 Å². The molecule has 6 heteroatoms. The second kappa shape index (κ2) is 45.7. The summed E-state index contributed by atoms with van der Waals surface area (Å²) in [5.74, 6) is -0.474. The molecule has 0 aromatic carbocycles. The van der Waals surface area contributed by atoms with Crippen LogP contribution in [0.15, 0.2) is 12.2 Å². The average molecular weight is 806 g/mol. The van der Waals surface area contributed by atoms with Gasteiger partial charge < -0.3 is 20.3 Å². The van der Waals surface area contributed by atoms with Crippen molar-refractivity contribution in [2.45, 2.75) is 296 Å². The van der Waals surface area contributed by atoms with Crippen LogP contribution in [0.2, 0.25) is 0 Å². The number of carbonyl (C=O) groups is 2. The van der Waals surface area contributed by atoms with Gasteiger partial charge in [-0.05, 0) is 51.4 Å². The standard InChI is InChI=1S/C51H99NO5/c1-4-7-10-13-16-19-22-24-26-28-30-33-36-39-42-47(57-51(56)44-41-38-35-32-29-25-23-20-17-14-11-8-5-2)45-50(55)52-48(46-53)49(54)43-40-37-34-31-27-21-18-15-12-9-6-3/h26,28,47-49,53-54H,4-25,27,29-46H2,1-3H3,(H,52,55)/b28-26+. The second-order valence-electron chi connectivity index (χ2n) is 17.6. The largest absolute Gasteiger partial charge is 0.462 e. The van der Waals surface area contributed by atoms with Gasteiger partial charge in [0.25, 0.3) is 0 Å². The Hall–Kier alpha value is -1.40. The van der Waals surface area contributed by atoms with Crippen LogP contribution >= 0.6 is 0 Å². The first-order valence-corrected chi connectivity index (χ1v) is 25.4. The maximum Gasteiger partial charge on any atom is 0.306 e. The van der Waals surface area contributed by atoms with Crippen molar-refractivity contribution in [2.75, 3.05) is 6.61 Å². The van der Waals surface area contributed by atoms with Crippen LogP contribution in [0.4, 0.5) is 0 Å². The van der Waals surface area contributed by atoms with Crippen LogP contribution in [0.25, 0.3) is 0 Å². The van der Waals surface area contributed by atoms with E-state index in [9.17, 15) is 19.8 Å². The van der Waals surface area contributed by atoms with Gasteiger partial charge in [-0.25, -0.2) is 0 Å². The summed E-state index contributed by atoms with van der Waals surface area (Å²) in [6.45, 7) is 6.48. The van der Waals surface area contributed by atoms with E-state index < -0.39 is 18.2 Å². The highest BCUT2D eigenvalue weighted by molar-refractivity contribution is 5.77. The minimum absolute atomic E-state index is 0.0738. The molecule has 0 fully saturated rings. The molecule has 6 nitrogen and oxygen atoms in total. The number of hydrogen-bond donors (Lipinski definition) is 3. The van der Waals surface area contributed by atoms with E-state index in [0.29, 0.717) is 19.3 Å². The van der Waals surface area contributed by atoms with Crippen molar-refractivity contribution in [2.24, 2.45) is 0 Å². The number of rotatable bonds is 46. The highest BCUT2D eigenvalue weighted by Gasteiger charge is 2.24. The molecular weight excluding hydrogens is 707 g/mol. The molecule has 0 aliphatic carbocycles. The van der Waals surface area contributed by atoms with Gasteiger partial charge in [0.2, 0.25) is 5.91 Å². The molecular formula is C51H99NO5. The maximum atomic E-state index is 13.2. The monoisotopic (exact) mass is 806 g/mol. The van der Waals surface area contributed by atoms with Gasteiger partial charge in [-0.3, -0.25) is 9.59 Å². The normalized spacial score (nSPS) is 13.3. The van der Waals surface area contributed by atoms with Gasteiger partial charge in [0, 0.05) is 6.42 Å². The number of ether oxygens (including phenoxy) is 1. The molecule has 1 amide bonds. The molecule has 0 bridgehead atoms. The van der Waals surface area contributed by atoms with Gasteiger partial charge in [0.1, 0.15) is 6.10 Å². The molecule has 0 aromatic heterocycles. The average Bonchev–Trinajstić information content (AvgIpc) is 3.20. The van der Waals surface area contributed by atoms with Gasteiger partial charge in [0.15, 0.2) is 0 Å². The Balaban J connectivity index is 4.57. The van der Waals surface area contributed by atoms with Gasteiger partial charge in [0.05, 0.1) is 25.2 Å². The van der Waals surface area contributed by atoms with E-state index in [1.165, 1.54) is 173 Å². The molecule has 57 heavy (non-hydrogen) atoms. The number of nitrogens with one attached hydrogen (secondary N) is 1. The SMILES string of the molecule is CCCCCCCCC/C=C/CCCCCC(CC(=O)NC(CO)C(O)CCCCCCCCCCCCC)OC(=O)CCCCCCCCCCCCCCC. The molecule has 3 atom stereocenters. The molecule has 3 unspecified atom stereocenters. The third kappa shape index (κ3) is 41.1. The molecule has 0 saturated heterocycles. The molecule has 0 aliphatic rings. The Morgan fingerprint density at radius 1 is 0.491 bits per heavy atom. The molecule has 0 radical (unpaired) electrons. The van der Waals surface area contributed by atoms with Crippen molar-refractivity contribution in [3.05, 3.63) is 12.2 Å². The van der Waals surface area contributed by atoms with Crippen LogP contribution in [-0.4, -0.2) is 46.9 Å². The summed E-state index contributed by atoms with van der Waals surface area (Å²) >= 11 is 0. The van der Waals surface area contributed by atoms with Crippen molar-refractivity contribution in [1.82, 2.24) is 5.32 Å². The molecule has 0 heterocycles. The first kappa shape index (κ1) is 55.6. The molecule has 0 aliphatic heterocycles. The van der Waals surface area contributed by atoms with Crippen LogP contribution < -0.4 is 5.32 Å². The maximum absolute atomic E-state index is 13.2. The Kier molecular flexibility index (Phi) is 44.6. The van der Waals surface area contributed by atoms with E-state index in [2.05, 4.69) is 38.2 Å². The zero-order chi connectivity index (χ0) is 41.7. The molecule has 0 aromatic rings. The van der Waals surface area contributed by atoms with Gasteiger partial charge >= 0.3 is 5.97 Å². The highest BCUT2D eigenvalue weighted by Crippen LogP contribution is 2.18. The van der Waals surface area contributed by atoms with Gasteiger partial charge in [-0.1, -0.05) is 226 Å². The van der Waals surface area contributed by atoms with E-state index in [1.54, 1.807) is 0 Å². The van der Waals surface area contributed by atoms with Crippen LogP contribution in [0.5, 0.6) is 0 Å². The minimum Gasteiger partial charge on any atom is -0.462 e. The van der Waals surface area contributed by atoms with Crippen molar-refractivity contribution in [1.29, 1.82) is 0 Å². The van der Waals surface area contributed by atoms with Crippen molar-refractivity contribution in [3.8, 4) is 0 Å². The summed E-state index contributed by atoms with van der Waals surface area (Å²) in [5.41, 5.74) is 0. The lowest BCUT2D eigenvalue weighted by molar-refractivity contribution is -0.151. The summed E-state index contributed by atoms with van der Waals surface area (Å²) in [6.07, 6.45) is 49.8. The lowest BCUT2D eigenvalue weighted by Crippen LogP contribution is -2.46. The quantitative estimate of drug-likeness (QED) is 0.0323. The molecule has 0 rings (SSSR count). The molecule has 0 saturated carbocycles. The Bertz CT molecular complexity index is 863. The Morgan fingerprint density at radius 2 is 0.842 bits per heavy atom. The summed E-state index contributed by atoms with van der Waals surface area (Å²) < 4.78 is 5.92. The second-order valence-corrected chi connectivity index (χ2v) is 17.6. The predicted molar refractivity (Wildman–Crippen MR) is 246 cm³/mol. The number of unbranched alkanes of at least 4 members (excludes halogenated alkanes) is 32. The minimum atomic E-state index is -0.784. The zero-order valence-electron chi connectivity index (χ0n) is 38.5. The Morgan fingerprint density at radius 3 is 1.26 bits per heavy atom. The third-order valence-electron chi connectivity index (χ3n) is 11.8. The van der Waals surface area contributed by atoms with E-state index in [0.717, 1.165) is 57.8 Å². The predicted octanol–water partition coefficient (Wildman–Crippen LogP) is 15.0. The number of carbonyl (C=O) groups excluding carboxylic acids is 2. The summed E-state index contributed by atoms with van der Waals surface area (Å²) in [4.78, 5) is 26.1. The van der Waals surface area contributed by atoms with E-state index in [1.807, 2.05) is 0 Å². The molecule has 338 valence electrons. The fourth-order valence-electron chi connectivity index (χ4n) is 7.96. The van der Waals surface area contributed by atoms with Crippen LogP contribution in [0.1, 0.15) is 278 Å². The van der Waals surface area contributed by atoms with Crippen molar-refractivity contribution < 1.29 is 24.5 Å². The number of allylic oxidation sites excluding steroid dienone is 2. The lowest BCUT2D eigenvalue weighted by Gasteiger charge is -2.24. The van der Waals surface area contributed by atoms with Gasteiger partial charge in [-0.15, -0.1) is 0 Å². The fourth-order valence-corrected chi connectivity index (χ4v) is 7.96. The summed E-state index contributed by atoms with van der Waals surface area (Å²) in [6, 6.07) is -0.699. The number of aliphatic hydroxyl groups is 2. The summed E-state index contributed by atoms with van der Waals surface area (Å²) in [7, 11) is 0. The number of esters is 1. The number of aliphatic hydroxyl groups excluding tert-OH is 2. The highest BCUT2D eigenvalue weighted by atomic mass is 16.5. The van der Waals surface area contributed by atoms with E-state index in [-0.39, 0.29) is 24.9 Å². The van der Waals surface area contributed by atoms with E-state index >= 15 is 0 Å². The molecule has 3 N–H and O–H groups in total. The lowest BCUT2D eigenvalue weighted by atomic mass is 10.0. The smallest absolute Gasteiger partial charge is 0.306 e. The van der Waals surface area contributed by atoms with Crippen molar-refractivity contribution >= 4 is 11.9 Å². The van der Waals surface area contributed by atoms with Crippen LogP contribution in [0.3, 0.4) is 0 Å². The zero-order valence-corrected chi connectivity index (χ0v) is 38.5. The van der Waals surface area contributed by atoms with Crippen molar-refractivity contribution in [3.63, 3.8) is 0 Å². The Labute approximate surface area is 355 Å². The molecule has 0 spiro atoms. The first-order valence-electron chi connectivity index (χ1n) is 25.4. The first-order chi connectivity index (χ1) is 28.0. The fraction of sp³-hybridized carbons (Fsp3) is 0.922.